The number of phenols is 1. The number of aromatic hydroxyl groups is 1. The number of benzene rings is 3. The normalized spacial score (nSPS) is 9.03. The lowest BCUT2D eigenvalue weighted by molar-refractivity contribution is 0.112. The summed E-state index contributed by atoms with van der Waals surface area (Å²) in [5.74, 6) is 0.236. The molecule has 0 bridgehead atoms. The first-order chi connectivity index (χ1) is 14.7. The number of hydrogen-bond acceptors (Lipinski definition) is 2. The highest BCUT2D eigenvalue weighted by atomic mass is 16.3. The standard InChI is InChI=1S/C22H20O2.3C2H6/c1-2-6-16-13-19(15-23)22(18-7-4-3-5-8-18)21(14-16)17-9-11-20(24)12-10-17;3*1-2/h3-5,7-15,24H,2,6H2,1H3;3*1-2H3. The first-order valence-electron chi connectivity index (χ1n) is 11.2. The number of phenolic OH excluding ortho intramolecular Hbond substituents is 1. The molecular weight excluding hydrogens is 368 g/mol. The SMILES string of the molecule is CC.CC.CC.CCCc1cc(C=O)c(-c2ccccc2)c(-c2ccc(O)cc2)c1. The number of carbonyl (C=O) groups excluding carboxylic acids is 1. The fourth-order valence-corrected chi connectivity index (χ4v) is 3.05. The summed E-state index contributed by atoms with van der Waals surface area (Å²) < 4.78 is 0. The summed E-state index contributed by atoms with van der Waals surface area (Å²) in [7, 11) is 0. The maximum Gasteiger partial charge on any atom is 0.150 e. The Balaban J connectivity index is 0.00000129. The van der Waals surface area contributed by atoms with Crippen molar-refractivity contribution in [3.63, 3.8) is 0 Å². The molecule has 1 N–H and O–H groups in total. The van der Waals surface area contributed by atoms with Gasteiger partial charge in [0.15, 0.2) is 6.29 Å². The fourth-order valence-electron chi connectivity index (χ4n) is 3.05. The quantitative estimate of drug-likeness (QED) is 0.431. The van der Waals surface area contributed by atoms with Crippen LogP contribution in [-0.2, 0) is 6.42 Å². The first-order valence-corrected chi connectivity index (χ1v) is 11.2. The molecule has 2 heteroatoms. The van der Waals surface area contributed by atoms with Crippen molar-refractivity contribution in [2.45, 2.75) is 61.3 Å². The van der Waals surface area contributed by atoms with Crippen LogP contribution >= 0.6 is 0 Å². The van der Waals surface area contributed by atoms with E-state index >= 15 is 0 Å². The molecule has 2 nitrogen and oxygen atoms in total. The molecule has 0 heterocycles. The van der Waals surface area contributed by atoms with E-state index in [4.69, 9.17) is 0 Å². The third-order valence-electron chi connectivity index (χ3n) is 4.14. The molecule has 0 spiro atoms. The summed E-state index contributed by atoms with van der Waals surface area (Å²) in [6.07, 6.45) is 2.89. The maximum absolute atomic E-state index is 11.8. The van der Waals surface area contributed by atoms with Gasteiger partial charge in [0.2, 0.25) is 0 Å². The molecule has 0 aliphatic rings. The van der Waals surface area contributed by atoms with Gasteiger partial charge in [0.25, 0.3) is 0 Å². The predicted octanol–water partition coefficient (Wildman–Crippen LogP) is 8.57. The van der Waals surface area contributed by atoms with Gasteiger partial charge in [-0.05, 0) is 46.9 Å². The molecule has 0 atom stereocenters. The van der Waals surface area contributed by atoms with Crippen LogP contribution in [-0.4, -0.2) is 11.4 Å². The molecule has 0 aromatic heterocycles. The highest BCUT2D eigenvalue weighted by molar-refractivity contribution is 5.96. The zero-order valence-electron chi connectivity index (χ0n) is 19.7. The molecule has 0 aliphatic heterocycles. The van der Waals surface area contributed by atoms with Gasteiger partial charge in [0.05, 0.1) is 0 Å². The Bertz CT molecular complexity index is 835. The molecule has 0 unspecified atom stereocenters. The van der Waals surface area contributed by atoms with Crippen molar-refractivity contribution in [2.24, 2.45) is 0 Å². The lowest BCUT2D eigenvalue weighted by Crippen LogP contribution is -1.96. The minimum atomic E-state index is 0.236. The van der Waals surface area contributed by atoms with Crippen molar-refractivity contribution in [3.05, 3.63) is 77.9 Å². The van der Waals surface area contributed by atoms with Gasteiger partial charge in [-0.1, -0.05) is 103 Å². The second-order valence-corrected chi connectivity index (χ2v) is 5.89. The Morgan fingerprint density at radius 2 is 1.33 bits per heavy atom. The van der Waals surface area contributed by atoms with Gasteiger partial charge in [-0.3, -0.25) is 4.79 Å². The van der Waals surface area contributed by atoms with E-state index in [-0.39, 0.29) is 5.75 Å². The Kier molecular flexibility index (Phi) is 14.5. The highest BCUT2D eigenvalue weighted by Gasteiger charge is 2.14. The van der Waals surface area contributed by atoms with Crippen LogP contribution in [0.5, 0.6) is 5.75 Å². The third-order valence-corrected chi connectivity index (χ3v) is 4.14. The Labute approximate surface area is 183 Å². The lowest BCUT2D eigenvalue weighted by atomic mass is 9.88. The van der Waals surface area contributed by atoms with Gasteiger partial charge in [-0.2, -0.15) is 0 Å². The molecule has 0 aliphatic carbocycles. The maximum atomic E-state index is 11.8. The minimum absolute atomic E-state index is 0.236. The summed E-state index contributed by atoms with van der Waals surface area (Å²) in [5.41, 5.74) is 5.83. The van der Waals surface area contributed by atoms with E-state index in [1.807, 2.05) is 90.1 Å². The van der Waals surface area contributed by atoms with Gasteiger partial charge >= 0.3 is 0 Å². The van der Waals surface area contributed by atoms with E-state index in [2.05, 4.69) is 13.0 Å². The van der Waals surface area contributed by atoms with Crippen LogP contribution in [0.3, 0.4) is 0 Å². The molecule has 3 rings (SSSR count). The Morgan fingerprint density at radius 3 is 1.83 bits per heavy atom. The largest absolute Gasteiger partial charge is 0.508 e. The number of aryl methyl sites for hydroxylation is 1. The van der Waals surface area contributed by atoms with Gasteiger partial charge in [-0.25, -0.2) is 0 Å². The number of aldehydes is 1. The summed E-state index contributed by atoms with van der Waals surface area (Å²) >= 11 is 0. The van der Waals surface area contributed by atoms with E-state index in [1.54, 1.807) is 12.1 Å². The third kappa shape index (κ3) is 7.51. The molecule has 0 saturated heterocycles. The molecule has 0 radical (unpaired) electrons. The molecule has 30 heavy (non-hydrogen) atoms. The summed E-state index contributed by atoms with van der Waals surface area (Å²) in [6.45, 7) is 14.1. The van der Waals surface area contributed by atoms with Crippen molar-refractivity contribution in [2.75, 3.05) is 0 Å². The molecule has 0 fully saturated rings. The second kappa shape index (κ2) is 16.0. The summed E-state index contributed by atoms with van der Waals surface area (Å²) in [4.78, 5) is 11.8. The molecular formula is C28H38O2. The molecule has 0 saturated carbocycles. The van der Waals surface area contributed by atoms with Gasteiger partial charge < -0.3 is 5.11 Å². The van der Waals surface area contributed by atoms with E-state index in [0.29, 0.717) is 5.56 Å². The number of carbonyl (C=O) groups is 1. The minimum Gasteiger partial charge on any atom is -0.508 e. The van der Waals surface area contributed by atoms with Crippen molar-refractivity contribution in [1.29, 1.82) is 0 Å². The average molecular weight is 407 g/mol. The first kappa shape index (κ1) is 27.1. The summed E-state index contributed by atoms with van der Waals surface area (Å²) in [5, 5.41) is 9.57. The number of rotatable bonds is 5. The van der Waals surface area contributed by atoms with Gasteiger partial charge in [-0.15, -0.1) is 0 Å². The van der Waals surface area contributed by atoms with Gasteiger partial charge in [0, 0.05) is 11.1 Å². The van der Waals surface area contributed by atoms with Crippen LogP contribution in [0, 0.1) is 0 Å². The number of hydrogen-bond donors (Lipinski definition) is 1. The predicted molar refractivity (Wildman–Crippen MR) is 132 cm³/mol. The zero-order chi connectivity index (χ0) is 22.9. The van der Waals surface area contributed by atoms with Crippen LogP contribution in [0.4, 0.5) is 0 Å². The van der Waals surface area contributed by atoms with Crippen LogP contribution in [0.2, 0.25) is 0 Å². The van der Waals surface area contributed by atoms with Crippen molar-refractivity contribution < 1.29 is 9.90 Å². The van der Waals surface area contributed by atoms with E-state index in [0.717, 1.165) is 46.9 Å². The molecule has 3 aromatic rings. The van der Waals surface area contributed by atoms with E-state index in [9.17, 15) is 9.90 Å². The van der Waals surface area contributed by atoms with Crippen molar-refractivity contribution >= 4 is 6.29 Å². The monoisotopic (exact) mass is 406 g/mol. The van der Waals surface area contributed by atoms with Crippen molar-refractivity contribution in [3.8, 4) is 28.0 Å². The molecule has 162 valence electrons. The topological polar surface area (TPSA) is 37.3 Å². The van der Waals surface area contributed by atoms with Crippen LogP contribution < -0.4 is 0 Å². The van der Waals surface area contributed by atoms with E-state index < -0.39 is 0 Å². The average Bonchev–Trinajstić information content (AvgIpc) is 2.83. The van der Waals surface area contributed by atoms with Crippen LogP contribution in [0.1, 0.15) is 70.8 Å². The molecule has 0 amide bonds. The van der Waals surface area contributed by atoms with Crippen LogP contribution in [0.15, 0.2) is 66.7 Å². The van der Waals surface area contributed by atoms with Gasteiger partial charge in [0.1, 0.15) is 5.75 Å². The smallest absolute Gasteiger partial charge is 0.150 e. The Morgan fingerprint density at radius 1 is 0.767 bits per heavy atom. The highest BCUT2D eigenvalue weighted by Crippen LogP contribution is 2.36. The summed E-state index contributed by atoms with van der Waals surface area (Å²) in [6, 6.07) is 21.2. The zero-order valence-corrected chi connectivity index (χ0v) is 19.7. The fraction of sp³-hybridized carbons (Fsp3) is 0.321. The Hall–Kier alpha value is -2.87. The second-order valence-electron chi connectivity index (χ2n) is 5.89. The van der Waals surface area contributed by atoms with E-state index in [1.165, 1.54) is 0 Å². The van der Waals surface area contributed by atoms with Crippen molar-refractivity contribution in [1.82, 2.24) is 0 Å². The van der Waals surface area contributed by atoms with Crippen LogP contribution in [0.25, 0.3) is 22.3 Å². The lowest BCUT2D eigenvalue weighted by Gasteiger charge is -2.15. The molecule has 3 aromatic carbocycles.